The maximum Gasteiger partial charge on any atom is 0.352 e. The van der Waals surface area contributed by atoms with Crippen LogP contribution in [0.25, 0.3) is 0 Å². The van der Waals surface area contributed by atoms with Gasteiger partial charge in [-0.25, -0.2) is 9.78 Å². The summed E-state index contributed by atoms with van der Waals surface area (Å²) in [5.41, 5.74) is 13.1. The summed E-state index contributed by atoms with van der Waals surface area (Å²) in [6, 6.07) is 6.52. The number of benzene rings is 1. The Balaban J connectivity index is 1.47. The van der Waals surface area contributed by atoms with E-state index in [1.807, 2.05) is 24.3 Å². The Morgan fingerprint density at radius 1 is 1.30 bits per heavy atom. The monoisotopic (exact) mass is 488 g/mol. The number of aliphatic carboxylic acids is 1. The maximum absolute atomic E-state index is 13.0. The molecule has 0 radical (unpaired) electrons. The van der Waals surface area contributed by atoms with E-state index in [1.165, 1.54) is 22.7 Å². The quantitative estimate of drug-likeness (QED) is 0.234. The molecule has 0 bridgehead atoms. The number of anilines is 1. The van der Waals surface area contributed by atoms with Gasteiger partial charge in [-0.3, -0.25) is 14.5 Å². The molecule has 2 amide bonds. The highest BCUT2D eigenvalue weighted by atomic mass is 32.2. The Hall–Kier alpha value is -3.42. The minimum Gasteiger partial charge on any atom is -0.477 e. The minimum atomic E-state index is -1.19. The molecule has 6 N–H and O–H groups in total. The molecular formula is C20H20N6O5S2. The Morgan fingerprint density at radius 2 is 2.03 bits per heavy atom. The molecule has 13 heteroatoms. The fraction of sp³-hybridized carbons (Fsp3) is 0.250. The first-order chi connectivity index (χ1) is 15.9. The highest BCUT2D eigenvalue weighted by molar-refractivity contribution is 8.00. The number of nitrogens with two attached hydrogens (primary N) is 2. The van der Waals surface area contributed by atoms with Crippen molar-refractivity contribution in [3.05, 3.63) is 58.2 Å². The van der Waals surface area contributed by atoms with Crippen molar-refractivity contribution in [2.45, 2.75) is 24.6 Å². The van der Waals surface area contributed by atoms with Gasteiger partial charge >= 0.3 is 5.97 Å². The third-order valence-corrected chi connectivity index (χ3v) is 6.83. The van der Waals surface area contributed by atoms with Crippen molar-refractivity contribution in [1.82, 2.24) is 15.2 Å². The fourth-order valence-corrected chi connectivity index (χ4v) is 5.03. The van der Waals surface area contributed by atoms with Crippen LogP contribution in [-0.2, 0) is 32.4 Å². The highest BCUT2D eigenvalue weighted by Crippen LogP contribution is 2.37. The average molecular weight is 489 g/mol. The van der Waals surface area contributed by atoms with Gasteiger partial charge in [0.15, 0.2) is 10.8 Å². The third-order valence-electron chi connectivity index (χ3n) is 4.98. The van der Waals surface area contributed by atoms with Crippen LogP contribution in [0.4, 0.5) is 5.13 Å². The number of oxime groups is 1. The van der Waals surface area contributed by atoms with Gasteiger partial charge in [-0.15, -0.1) is 23.1 Å². The number of fused-ring (bicyclic) bond motifs is 1. The number of rotatable bonds is 8. The molecule has 11 nitrogen and oxygen atoms in total. The number of thioether (sulfide) groups is 1. The van der Waals surface area contributed by atoms with Crippen molar-refractivity contribution < 1.29 is 24.3 Å². The molecule has 0 aliphatic carbocycles. The molecule has 1 fully saturated rings. The summed E-state index contributed by atoms with van der Waals surface area (Å²) < 4.78 is 0. The van der Waals surface area contributed by atoms with E-state index >= 15 is 0 Å². The van der Waals surface area contributed by atoms with Crippen LogP contribution in [0.3, 0.4) is 0 Å². The number of carbonyl (C=O) groups excluding carboxylic acids is 2. The van der Waals surface area contributed by atoms with Crippen molar-refractivity contribution in [1.29, 1.82) is 0 Å². The van der Waals surface area contributed by atoms with Crippen LogP contribution < -0.4 is 16.8 Å². The lowest BCUT2D eigenvalue weighted by molar-refractivity contribution is -0.150. The van der Waals surface area contributed by atoms with Crippen molar-refractivity contribution in [3.8, 4) is 0 Å². The summed E-state index contributed by atoms with van der Waals surface area (Å²) in [5, 5.41) is 17.2. The molecule has 172 valence electrons. The lowest BCUT2D eigenvalue weighted by Crippen LogP contribution is -2.70. The second kappa shape index (κ2) is 9.60. The van der Waals surface area contributed by atoms with E-state index in [-0.39, 0.29) is 28.8 Å². The summed E-state index contributed by atoms with van der Waals surface area (Å²) in [4.78, 5) is 47.5. The molecule has 1 saturated heterocycles. The smallest absolute Gasteiger partial charge is 0.352 e. The lowest BCUT2D eigenvalue weighted by atomic mass is 10.0. The van der Waals surface area contributed by atoms with E-state index in [2.05, 4.69) is 15.5 Å². The molecule has 2 atom stereocenters. The molecular weight excluding hydrogens is 468 g/mol. The number of carboxylic acids is 1. The van der Waals surface area contributed by atoms with Crippen molar-refractivity contribution in [3.63, 3.8) is 0 Å². The van der Waals surface area contributed by atoms with E-state index in [9.17, 15) is 19.5 Å². The first-order valence-corrected chi connectivity index (χ1v) is 11.7. The molecule has 0 saturated carbocycles. The average Bonchev–Trinajstić information content (AvgIpc) is 3.25. The van der Waals surface area contributed by atoms with Gasteiger partial charge in [0, 0.05) is 17.7 Å². The zero-order valence-corrected chi connectivity index (χ0v) is 18.8. The van der Waals surface area contributed by atoms with Gasteiger partial charge in [-0.2, -0.15) is 0 Å². The van der Waals surface area contributed by atoms with Crippen LogP contribution in [0.15, 0.2) is 46.6 Å². The van der Waals surface area contributed by atoms with Crippen molar-refractivity contribution in [2.75, 3.05) is 11.5 Å². The summed E-state index contributed by atoms with van der Waals surface area (Å²) >= 11 is 2.49. The van der Waals surface area contributed by atoms with E-state index in [4.69, 9.17) is 16.3 Å². The Labute approximate surface area is 196 Å². The van der Waals surface area contributed by atoms with Crippen LogP contribution in [-0.4, -0.2) is 55.7 Å². The predicted molar refractivity (Wildman–Crippen MR) is 123 cm³/mol. The van der Waals surface area contributed by atoms with Gasteiger partial charge in [0.25, 0.3) is 11.8 Å². The molecule has 1 aromatic heterocycles. The largest absolute Gasteiger partial charge is 0.477 e. The second-order valence-corrected chi connectivity index (χ2v) is 9.12. The Morgan fingerprint density at radius 3 is 2.67 bits per heavy atom. The van der Waals surface area contributed by atoms with Crippen LogP contribution >= 0.6 is 23.1 Å². The summed E-state index contributed by atoms with van der Waals surface area (Å²) in [6.45, 7) is 0.526. The highest BCUT2D eigenvalue weighted by Gasteiger charge is 2.53. The van der Waals surface area contributed by atoms with Crippen molar-refractivity contribution >= 4 is 51.7 Å². The zero-order chi connectivity index (χ0) is 23.5. The number of thiazole rings is 1. The molecule has 4 rings (SSSR count). The van der Waals surface area contributed by atoms with Gasteiger partial charge < -0.3 is 26.7 Å². The van der Waals surface area contributed by atoms with Crippen molar-refractivity contribution in [2.24, 2.45) is 10.9 Å². The third kappa shape index (κ3) is 4.69. The second-order valence-electron chi connectivity index (χ2n) is 7.08. The summed E-state index contributed by atoms with van der Waals surface area (Å²) in [5.74, 6) is -1.96. The normalized spacial score (nSPS) is 19.9. The van der Waals surface area contributed by atoms with Crippen LogP contribution in [0.1, 0.15) is 16.8 Å². The standard InChI is InChI=1S/C20H20N6O5S2/c21-7-10-1-3-11(4-2-10)8-31-25-14(12-9-33-20(22)23-12)16(27)24-15-17(28)26-13(19(29)30)5-6-32-18(15)26/h1-5,9,15,18H,6-8,21H2,(H2,22,23)(H,24,27)(H,29,30)/b25-14-/t15?,18-/m1/s1. The SMILES string of the molecule is NCc1ccc(CO/N=C(\C(=O)NC2C(=O)N3C(C(=O)O)=CCS[C@H]23)c2csc(N)n2)cc1. The Bertz CT molecular complexity index is 1150. The van der Waals surface area contributed by atoms with Crippen LogP contribution in [0.2, 0.25) is 0 Å². The topological polar surface area (TPSA) is 173 Å². The lowest BCUT2D eigenvalue weighted by Gasteiger charge is -2.48. The molecule has 1 unspecified atom stereocenters. The van der Waals surface area contributed by atoms with E-state index in [0.717, 1.165) is 22.5 Å². The van der Waals surface area contributed by atoms with Gasteiger partial charge in [0.2, 0.25) is 0 Å². The first kappa shape index (κ1) is 22.8. The number of amides is 2. The predicted octanol–water partition coefficient (Wildman–Crippen LogP) is 0.473. The Kier molecular flexibility index (Phi) is 6.62. The number of carboxylic acid groups (broad SMARTS) is 1. The number of hydrogen-bond acceptors (Lipinski definition) is 10. The van der Waals surface area contributed by atoms with Crippen LogP contribution in [0, 0.1) is 0 Å². The molecule has 1 aromatic carbocycles. The zero-order valence-electron chi connectivity index (χ0n) is 17.1. The molecule has 2 aliphatic rings. The first-order valence-electron chi connectivity index (χ1n) is 9.77. The van der Waals surface area contributed by atoms with Crippen LogP contribution in [0.5, 0.6) is 0 Å². The van der Waals surface area contributed by atoms with Gasteiger partial charge in [0.05, 0.1) is 0 Å². The molecule has 3 heterocycles. The number of nitrogens with zero attached hydrogens (tertiary/aromatic N) is 3. The van der Waals surface area contributed by atoms with Gasteiger partial charge in [-0.1, -0.05) is 29.4 Å². The van der Waals surface area contributed by atoms with E-state index < -0.39 is 29.2 Å². The minimum absolute atomic E-state index is 0.0839. The summed E-state index contributed by atoms with van der Waals surface area (Å²) in [7, 11) is 0. The fourth-order valence-electron chi connectivity index (χ4n) is 3.29. The number of carbonyl (C=O) groups is 3. The molecule has 2 aliphatic heterocycles. The number of nitrogen functional groups attached to an aromatic ring is 1. The van der Waals surface area contributed by atoms with E-state index in [1.54, 1.807) is 5.38 Å². The molecule has 2 aromatic rings. The molecule has 0 spiro atoms. The van der Waals surface area contributed by atoms with Gasteiger partial charge in [-0.05, 0) is 17.2 Å². The summed E-state index contributed by atoms with van der Waals surface area (Å²) in [6.07, 6.45) is 1.47. The number of nitrogens with one attached hydrogen (secondary N) is 1. The van der Waals surface area contributed by atoms with Gasteiger partial charge in [0.1, 0.15) is 29.4 Å². The number of aromatic nitrogens is 1. The maximum atomic E-state index is 13.0. The number of β-lactam (4-membered cyclic amide) rings is 1. The van der Waals surface area contributed by atoms with E-state index in [0.29, 0.717) is 12.3 Å². The molecule has 33 heavy (non-hydrogen) atoms. The number of hydrogen-bond donors (Lipinski definition) is 4.